The van der Waals surface area contributed by atoms with Gasteiger partial charge in [-0.25, -0.2) is 4.79 Å². The minimum absolute atomic E-state index is 0.00693. The zero-order valence-electron chi connectivity index (χ0n) is 21.2. The molecule has 1 atom stereocenters. The number of nitriles is 1. The van der Waals surface area contributed by atoms with Crippen LogP contribution < -0.4 is 15.4 Å². The number of anilines is 1. The van der Waals surface area contributed by atoms with Gasteiger partial charge in [-0.1, -0.05) is 42.6 Å². The summed E-state index contributed by atoms with van der Waals surface area (Å²) in [5, 5.41) is 26.7. The second-order valence-electron chi connectivity index (χ2n) is 8.42. The number of phenols is 1. The van der Waals surface area contributed by atoms with E-state index in [9.17, 15) is 20.0 Å². The molecule has 0 aliphatic carbocycles. The third-order valence-corrected chi connectivity index (χ3v) is 6.77. The number of nitrogens with zero attached hydrogens (tertiary/aromatic N) is 1. The van der Waals surface area contributed by atoms with Gasteiger partial charge >= 0.3 is 5.97 Å². The van der Waals surface area contributed by atoms with Crippen LogP contribution in [0.2, 0.25) is 0 Å². The number of amides is 1. The van der Waals surface area contributed by atoms with E-state index >= 15 is 0 Å². The Labute approximate surface area is 220 Å². The molecule has 0 fully saturated rings. The summed E-state index contributed by atoms with van der Waals surface area (Å²) in [4.78, 5) is 25.8. The SMILES string of the molecule is C=CCOC(=O)C1=C(C)NC(SCC(=O)Nc2cc(C)ccc2C)=C(C#N)C1c1ccc(O)c(OC)c1. The highest BCUT2D eigenvalue weighted by Gasteiger charge is 2.36. The Hall–Kier alpha value is -4.16. The minimum Gasteiger partial charge on any atom is -0.504 e. The molecule has 0 bridgehead atoms. The van der Waals surface area contributed by atoms with Crippen LogP contribution in [-0.4, -0.2) is 36.5 Å². The van der Waals surface area contributed by atoms with Gasteiger partial charge in [-0.3, -0.25) is 4.79 Å². The van der Waals surface area contributed by atoms with E-state index in [-0.39, 0.29) is 40.9 Å². The summed E-state index contributed by atoms with van der Waals surface area (Å²) in [6, 6.07) is 12.7. The topological polar surface area (TPSA) is 121 Å². The van der Waals surface area contributed by atoms with Crippen molar-refractivity contribution in [2.24, 2.45) is 0 Å². The predicted octanol–water partition coefficient (Wildman–Crippen LogP) is 4.81. The Kier molecular flexibility index (Phi) is 9.04. The number of rotatable bonds is 9. The van der Waals surface area contributed by atoms with Gasteiger partial charge < -0.3 is 25.2 Å². The Bertz CT molecular complexity index is 1340. The van der Waals surface area contributed by atoms with Crippen molar-refractivity contribution in [1.29, 1.82) is 5.26 Å². The second-order valence-corrected chi connectivity index (χ2v) is 9.41. The number of aromatic hydroxyl groups is 1. The Morgan fingerprint density at radius 2 is 2.00 bits per heavy atom. The summed E-state index contributed by atoms with van der Waals surface area (Å²) in [6.45, 7) is 9.15. The van der Waals surface area contributed by atoms with Crippen LogP contribution in [0.5, 0.6) is 11.5 Å². The molecule has 1 aliphatic rings. The molecule has 2 aromatic carbocycles. The van der Waals surface area contributed by atoms with Gasteiger partial charge in [0.15, 0.2) is 11.5 Å². The van der Waals surface area contributed by atoms with Crippen molar-refractivity contribution in [3.63, 3.8) is 0 Å². The number of nitrogens with one attached hydrogen (secondary N) is 2. The summed E-state index contributed by atoms with van der Waals surface area (Å²) in [6.07, 6.45) is 1.46. The van der Waals surface area contributed by atoms with Crippen LogP contribution in [0, 0.1) is 25.2 Å². The number of allylic oxidation sites excluding steroid dienone is 2. The van der Waals surface area contributed by atoms with Crippen LogP contribution in [0.4, 0.5) is 5.69 Å². The van der Waals surface area contributed by atoms with Crippen molar-refractivity contribution in [3.05, 3.63) is 87.6 Å². The minimum atomic E-state index is -0.803. The van der Waals surface area contributed by atoms with Gasteiger partial charge in [-0.05, 0) is 55.7 Å². The molecule has 1 heterocycles. The highest BCUT2D eigenvalue weighted by atomic mass is 32.2. The third-order valence-electron chi connectivity index (χ3n) is 5.75. The van der Waals surface area contributed by atoms with Crippen LogP contribution >= 0.6 is 11.8 Å². The predicted molar refractivity (Wildman–Crippen MR) is 144 cm³/mol. The van der Waals surface area contributed by atoms with Gasteiger partial charge in [0.2, 0.25) is 5.91 Å². The van der Waals surface area contributed by atoms with Crippen LogP contribution in [0.1, 0.15) is 29.5 Å². The zero-order chi connectivity index (χ0) is 27.1. The molecule has 1 amide bonds. The molecule has 0 saturated heterocycles. The molecule has 0 aromatic heterocycles. The average Bonchev–Trinajstić information content (AvgIpc) is 2.88. The first-order valence-corrected chi connectivity index (χ1v) is 12.5. The van der Waals surface area contributed by atoms with E-state index in [1.165, 1.54) is 31.0 Å². The summed E-state index contributed by atoms with van der Waals surface area (Å²) < 4.78 is 10.6. The summed E-state index contributed by atoms with van der Waals surface area (Å²) in [5.41, 5.74) is 4.23. The molecule has 0 spiro atoms. The monoisotopic (exact) mass is 519 g/mol. The van der Waals surface area contributed by atoms with E-state index in [0.29, 0.717) is 16.3 Å². The molecule has 3 rings (SSSR count). The maximum Gasteiger partial charge on any atom is 0.337 e. The number of carbonyl (C=O) groups is 2. The first kappa shape index (κ1) is 27.4. The lowest BCUT2D eigenvalue weighted by atomic mass is 9.82. The molecular weight excluding hydrogens is 490 g/mol. The number of thioether (sulfide) groups is 1. The molecule has 9 heteroatoms. The van der Waals surface area contributed by atoms with Gasteiger partial charge in [0.25, 0.3) is 0 Å². The normalized spacial score (nSPS) is 14.9. The molecular formula is C28H29N3O5S. The number of benzene rings is 2. The van der Waals surface area contributed by atoms with Crippen molar-refractivity contribution >= 4 is 29.3 Å². The molecule has 3 N–H and O–H groups in total. The fourth-order valence-corrected chi connectivity index (χ4v) is 4.80. The van der Waals surface area contributed by atoms with E-state index in [1.54, 1.807) is 19.1 Å². The first-order valence-electron chi connectivity index (χ1n) is 11.5. The second kappa shape index (κ2) is 12.2. The van der Waals surface area contributed by atoms with Crippen molar-refractivity contribution in [1.82, 2.24) is 5.32 Å². The van der Waals surface area contributed by atoms with Gasteiger partial charge in [0.05, 0.1) is 41.0 Å². The molecule has 0 saturated carbocycles. The fourth-order valence-electron chi connectivity index (χ4n) is 3.91. The van der Waals surface area contributed by atoms with E-state index < -0.39 is 11.9 Å². The number of esters is 1. The van der Waals surface area contributed by atoms with Gasteiger partial charge in [0.1, 0.15) is 6.61 Å². The Balaban J connectivity index is 1.96. The van der Waals surface area contributed by atoms with Crippen molar-refractivity contribution < 1.29 is 24.2 Å². The molecule has 2 aromatic rings. The summed E-state index contributed by atoms with van der Waals surface area (Å²) in [7, 11) is 1.42. The number of carbonyl (C=O) groups excluding carboxylic acids is 2. The Morgan fingerprint density at radius 3 is 2.68 bits per heavy atom. The number of dihydropyridines is 1. The highest BCUT2D eigenvalue weighted by Crippen LogP contribution is 2.43. The van der Waals surface area contributed by atoms with E-state index in [1.807, 2.05) is 32.0 Å². The van der Waals surface area contributed by atoms with Gasteiger partial charge in [0, 0.05) is 11.4 Å². The first-order chi connectivity index (χ1) is 17.7. The largest absolute Gasteiger partial charge is 0.504 e. The third kappa shape index (κ3) is 6.35. The number of methoxy groups -OCH3 is 1. The average molecular weight is 520 g/mol. The lowest BCUT2D eigenvalue weighted by Gasteiger charge is -2.29. The van der Waals surface area contributed by atoms with Crippen LogP contribution in [-0.2, 0) is 14.3 Å². The van der Waals surface area contributed by atoms with Crippen molar-refractivity contribution in [2.45, 2.75) is 26.7 Å². The lowest BCUT2D eigenvalue weighted by Crippen LogP contribution is -2.29. The molecule has 0 radical (unpaired) electrons. The smallest absolute Gasteiger partial charge is 0.337 e. The summed E-state index contributed by atoms with van der Waals surface area (Å²) in [5.74, 6) is -1.47. The molecule has 37 heavy (non-hydrogen) atoms. The van der Waals surface area contributed by atoms with Crippen LogP contribution in [0.25, 0.3) is 0 Å². The number of phenolic OH excluding ortho intramolecular Hbond substituents is 1. The molecule has 8 nitrogen and oxygen atoms in total. The lowest BCUT2D eigenvalue weighted by molar-refractivity contribution is -0.138. The van der Waals surface area contributed by atoms with Gasteiger partial charge in [-0.15, -0.1) is 0 Å². The number of hydrogen-bond donors (Lipinski definition) is 3. The molecule has 1 unspecified atom stereocenters. The quantitative estimate of drug-likeness (QED) is 0.319. The summed E-state index contributed by atoms with van der Waals surface area (Å²) >= 11 is 1.17. The highest BCUT2D eigenvalue weighted by molar-refractivity contribution is 8.03. The van der Waals surface area contributed by atoms with Crippen molar-refractivity contribution in [3.8, 4) is 17.6 Å². The number of ether oxygens (including phenoxy) is 2. The van der Waals surface area contributed by atoms with Crippen LogP contribution in [0.15, 0.2) is 70.9 Å². The van der Waals surface area contributed by atoms with E-state index in [0.717, 1.165) is 16.8 Å². The standard InChI is InChI=1S/C28H29N3O5S/c1-6-11-36-28(34)25-18(4)30-27(37-15-24(33)31-21-12-16(2)7-8-17(21)3)20(14-29)26(25)19-9-10-22(32)23(13-19)35-5/h6-10,12-13,26,30,32H,1,11,15H2,2-5H3,(H,31,33). The van der Waals surface area contributed by atoms with E-state index in [2.05, 4.69) is 23.3 Å². The Morgan fingerprint density at radius 1 is 1.24 bits per heavy atom. The fraction of sp³-hybridized carbons (Fsp3) is 0.250. The maximum atomic E-state index is 13.0. The zero-order valence-corrected chi connectivity index (χ0v) is 22.0. The van der Waals surface area contributed by atoms with Gasteiger partial charge in [-0.2, -0.15) is 5.26 Å². The van der Waals surface area contributed by atoms with Crippen molar-refractivity contribution in [2.75, 3.05) is 24.8 Å². The number of aryl methyl sites for hydroxylation is 2. The van der Waals surface area contributed by atoms with Crippen LogP contribution in [0.3, 0.4) is 0 Å². The molecule has 192 valence electrons. The maximum absolute atomic E-state index is 13.0. The number of hydrogen-bond acceptors (Lipinski definition) is 8. The van der Waals surface area contributed by atoms with E-state index in [4.69, 9.17) is 9.47 Å². The molecule has 1 aliphatic heterocycles.